The zero-order valence-electron chi connectivity index (χ0n) is 11.4. The molecule has 3 aromatic carbocycles. The van der Waals surface area contributed by atoms with Crippen molar-refractivity contribution in [1.29, 1.82) is 0 Å². The summed E-state index contributed by atoms with van der Waals surface area (Å²) in [6.45, 7) is 0. The molecule has 0 aliphatic heterocycles. The Morgan fingerprint density at radius 3 is 2.59 bits per heavy atom. The maximum absolute atomic E-state index is 11.6. The summed E-state index contributed by atoms with van der Waals surface area (Å²) in [6, 6.07) is 18.2. The molecule has 0 unspecified atom stereocenters. The lowest BCUT2D eigenvalue weighted by molar-refractivity contribution is -0.382. The highest BCUT2D eigenvalue weighted by atomic mass is 16.6. The Hall–Kier alpha value is -3.28. The summed E-state index contributed by atoms with van der Waals surface area (Å²) in [5.41, 5.74) is 1.89. The molecule has 0 N–H and O–H groups in total. The molecule has 1 heterocycles. The van der Waals surface area contributed by atoms with E-state index in [0.29, 0.717) is 16.6 Å². The van der Waals surface area contributed by atoms with Crippen LogP contribution in [0.4, 0.5) is 5.69 Å². The summed E-state index contributed by atoms with van der Waals surface area (Å²) in [7, 11) is 0. The average Bonchev–Trinajstić information content (AvgIpc) is 2.97. The van der Waals surface area contributed by atoms with E-state index in [0.717, 1.165) is 10.9 Å². The fourth-order valence-electron chi connectivity index (χ4n) is 2.65. The lowest BCUT2D eigenvalue weighted by Crippen LogP contribution is -2.02. The molecule has 4 rings (SSSR count). The monoisotopic (exact) mass is 290 g/mol. The molecule has 0 saturated heterocycles. The maximum Gasteiger partial charge on any atom is 0.302 e. The van der Waals surface area contributed by atoms with Gasteiger partial charge in [-0.15, -0.1) is 5.10 Å². The number of hydrogen-bond donors (Lipinski definition) is 0. The number of rotatable bonds is 2. The van der Waals surface area contributed by atoms with Crippen molar-refractivity contribution < 1.29 is 4.92 Å². The van der Waals surface area contributed by atoms with Gasteiger partial charge in [-0.2, -0.15) is 0 Å². The third kappa shape index (κ3) is 1.74. The number of hydrogen-bond acceptors (Lipinski definition) is 4. The van der Waals surface area contributed by atoms with Crippen molar-refractivity contribution in [3.05, 3.63) is 70.8 Å². The van der Waals surface area contributed by atoms with E-state index in [2.05, 4.69) is 10.3 Å². The van der Waals surface area contributed by atoms with Gasteiger partial charge in [-0.25, -0.2) is 4.68 Å². The van der Waals surface area contributed by atoms with Crippen molar-refractivity contribution in [3.63, 3.8) is 0 Å². The minimum atomic E-state index is -0.367. The van der Waals surface area contributed by atoms with E-state index in [9.17, 15) is 10.1 Å². The largest absolute Gasteiger partial charge is 0.302 e. The molecule has 0 saturated carbocycles. The number of nitrogens with zero attached hydrogens (tertiary/aromatic N) is 4. The van der Waals surface area contributed by atoms with E-state index < -0.39 is 0 Å². The van der Waals surface area contributed by atoms with Crippen LogP contribution in [0, 0.1) is 10.1 Å². The fourth-order valence-corrected chi connectivity index (χ4v) is 2.65. The first-order valence-electron chi connectivity index (χ1n) is 6.72. The molecular formula is C16H10N4O2. The Morgan fingerprint density at radius 2 is 1.73 bits per heavy atom. The van der Waals surface area contributed by atoms with Gasteiger partial charge in [0.2, 0.25) is 0 Å². The van der Waals surface area contributed by atoms with E-state index >= 15 is 0 Å². The Labute approximate surface area is 124 Å². The van der Waals surface area contributed by atoms with Gasteiger partial charge in [-0.3, -0.25) is 10.1 Å². The second-order valence-electron chi connectivity index (χ2n) is 4.90. The Kier molecular flexibility index (Phi) is 2.62. The van der Waals surface area contributed by atoms with E-state index in [1.54, 1.807) is 18.2 Å². The number of fused-ring (bicyclic) bond motifs is 2. The lowest BCUT2D eigenvalue weighted by Gasteiger charge is -2.06. The van der Waals surface area contributed by atoms with Crippen molar-refractivity contribution in [2.45, 2.75) is 0 Å². The molecule has 4 aromatic rings. The van der Waals surface area contributed by atoms with Gasteiger partial charge in [0.15, 0.2) is 0 Å². The van der Waals surface area contributed by atoms with Crippen LogP contribution in [0.15, 0.2) is 60.7 Å². The molecule has 6 nitrogen and oxygen atoms in total. The third-order valence-electron chi connectivity index (χ3n) is 3.64. The van der Waals surface area contributed by atoms with Crippen LogP contribution in [-0.4, -0.2) is 19.9 Å². The van der Waals surface area contributed by atoms with Crippen molar-refractivity contribution in [1.82, 2.24) is 15.0 Å². The molecule has 0 amide bonds. The van der Waals surface area contributed by atoms with Gasteiger partial charge in [-0.1, -0.05) is 41.6 Å². The highest BCUT2D eigenvalue weighted by Gasteiger charge is 2.21. The zero-order valence-corrected chi connectivity index (χ0v) is 11.4. The second-order valence-corrected chi connectivity index (χ2v) is 4.90. The minimum Gasteiger partial charge on any atom is -0.258 e. The van der Waals surface area contributed by atoms with Crippen LogP contribution in [0.1, 0.15) is 0 Å². The zero-order chi connectivity index (χ0) is 15.1. The summed E-state index contributed by atoms with van der Waals surface area (Å²) in [4.78, 5) is 11.2. The van der Waals surface area contributed by atoms with Gasteiger partial charge in [0, 0.05) is 0 Å². The Morgan fingerprint density at radius 1 is 0.955 bits per heavy atom. The normalized spacial score (nSPS) is 11.1. The summed E-state index contributed by atoms with van der Waals surface area (Å²) in [6.07, 6.45) is 0. The van der Waals surface area contributed by atoms with Crippen LogP contribution in [0.25, 0.3) is 27.5 Å². The second kappa shape index (κ2) is 4.63. The molecule has 0 aliphatic rings. The van der Waals surface area contributed by atoms with Gasteiger partial charge in [0.1, 0.15) is 11.2 Å². The summed E-state index contributed by atoms with van der Waals surface area (Å²) in [5.74, 6) is 0. The van der Waals surface area contributed by atoms with Gasteiger partial charge in [0.05, 0.1) is 15.8 Å². The minimum absolute atomic E-state index is 0.0359. The van der Waals surface area contributed by atoms with Crippen LogP contribution in [0.3, 0.4) is 0 Å². The average molecular weight is 290 g/mol. The van der Waals surface area contributed by atoms with Crippen molar-refractivity contribution in [2.75, 3.05) is 0 Å². The predicted octanol–water partition coefficient (Wildman–Crippen LogP) is 3.48. The molecule has 0 atom stereocenters. The maximum atomic E-state index is 11.6. The molecule has 0 aliphatic carbocycles. The van der Waals surface area contributed by atoms with Crippen LogP contribution in [0.5, 0.6) is 0 Å². The molecule has 1 aromatic heterocycles. The standard InChI is InChI=1S/C16H10N4O2/c21-20(22)16-12-6-2-1-5-11(12)9-10-15(16)19-14-8-4-3-7-13(14)17-18-19/h1-10H. The van der Waals surface area contributed by atoms with Crippen LogP contribution >= 0.6 is 0 Å². The molecule has 0 radical (unpaired) electrons. The Balaban J connectivity index is 2.11. The Bertz CT molecular complexity index is 1020. The molecule has 22 heavy (non-hydrogen) atoms. The van der Waals surface area contributed by atoms with E-state index in [1.165, 1.54) is 4.68 Å². The number of nitro groups is 1. The fraction of sp³-hybridized carbons (Fsp3) is 0. The highest BCUT2D eigenvalue weighted by molar-refractivity contribution is 5.95. The number of nitro benzene ring substituents is 1. The van der Waals surface area contributed by atoms with Crippen molar-refractivity contribution in [3.8, 4) is 5.69 Å². The first kappa shape index (κ1) is 12.5. The van der Waals surface area contributed by atoms with E-state index in [1.807, 2.05) is 42.5 Å². The molecule has 106 valence electrons. The van der Waals surface area contributed by atoms with Gasteiger partial charge < -0.3 is 0 Å². The highest BCUT2D eigenvalue weighted by Crippen LogP contribution is 2.32. The smallest absolute Gasteiger partial charge is 0.258 e. The summed E-state index contributed by atoms with van der Waals surface area (Å²) >= 11 is 0. The van der Waals surface area contributed by atoms with Crippen molar-refractivity contribution in [2.24, 2.45) is 0 Å². The molecular weight excluding hydrogens is 280 g/mol. The SMILES string of the molecule is O=[N+]([O-])c1c(-n2nnc3ccccc32)ccc2ccccc12. The van der Waals surface area contributed by atoms with Gasteiger partial charge in [-0.05, 0) is 29.7 Å². The van der Waals surface area contributed by atoms with Gasteiger partial charge in [0.25, 0.3) is 0 Å². The summed E-state index contributed by atoms with van der Waals surface area (Å²) < 4.78 is 1.51. The third-order valence-corrected chi connectivity index (χ3v) is 3.64. The quantitative estimate of drug-likeness (QED) is 0.418. The van der Waals surface area contributed by atoms with Crippen LogP contribution < -0.4 is 0 Å². The molecule has 0 spiro atoms. The number of para-hydroxylation sites is 1. The van der Waals surface area contributed by atoms with Crippen LogP contribution in [-0.2, 0) is 0 Å². The molecule has 6 heteroatoms. The first-order chi connectivity index (χ1) is 10.8. The number of aromatic nitrogens is 3. The molecule has 0 fully saturated rings. The first-order valence-corrected chi connectivity index (χ1v) is 6.72. The summed E-state index contributed by atoms with van der Waals surface area (Å²) in [5, 5.41) is 21.2. The van der Waals surface area contributed by atoms with Crippen LogP contribution in [0.2, 0.25) is 0 Å². The van der Waals surface area contributed by atoms with Gasteiger partial charge >= 0.3 is 5.69 Å². The number of benzene rings is 3. The lowest BCUT2D eigenvalue weighted by atomic mass is 10.1. The molecule has 0 bridgehead atoms. The topological polar surface area (TPSA) is 73.8 Å². The van der Waals surface area contributed by atoms with Crippen molar-refractivity contribution >= 4 is 27.5 Å². The van der Waals surface area contributed by atoms with E-state index in [-0.39, 0.29) is 10.6 Å². The van der Waals surface area contributed by atoms with E-state index in [4.69, 9.17) is 0 Å². The predicted molar refractivity (Wildman–Crippen MR) is 83.0 cm³/mol.